The molecule has 1 heterocycles. The smallest absolute Gasteiger partial charge is 0.199 e. The Bertz CT molecular complexity index is 653. The Morgan fingerprint density at radius 2 is 1.72 bits per heavy atom. The molecule has 0 N–H and O–H groups in total. The fraction of sp³-hybridized carbons (Fsp3) is 0.0714. The third-order valence-corrected chi connectivity index (χ3v) is 3.86. The lowest BCUT2D eigenvalue weighted by atomic mass is 10.1. The van der Waals surface area contributed by atoms with Gasteiger partial charge in [0.25, 0.3) is 0 Å². The molecule has 18 heavy (non-hydrogen) atoms. The van der Waals surface area contributed by atoms with E-state index in [0.717, 1.165) is 23.4 Å². The highest BCUT2D eigenvalue weighted by molar-refractivity contribution is 14.1. The van der Waals surface area contributed by atoms with E-state index >= 15 is 0 Å². The highest BCUT2D eigenvalue weighted by Crippen LogP contribution is 2.20. The molecule has 0 radical (unpaired) electrons. The molecule has 0 spiro atoms. The Balaban J connectivity index is 1.96. The van der Waals surface area contributed by atoms with Gasteiger partial charge in [-0.1, -0.05) is 12.1 Å². The van der Waals surface area contributed by atoms with Crippen LogP contribution in [-0.2, 0) is 6.42 Å². The number of oxazole rings is 1. The van der Waals surface area contributed by atoms with E-state index in [-0.39, 0.29) is 0 Å². The zero-order valence-corrected chi connectivity index (χ0v) is 13.7. The molecule has 3 aromatic rings. The zero-order chi connectivity index (χ0) is 12.5. The molecule has 0 amide bonds. The molecule has 0 unspecified atom stereocenters. The van der Waals surface area contributed by atoms with E-state index in [9.17, 15) is 0 Å². The van der Waals surface area contributed by atoms with Gasteiger partial charge in [0, 0.05) is 13.6 Å². The maximum Gasteiger partial charge on any atom is 0.199 e. The summed E-state index contributed by atoms with van der Waals surface area (Å²) < 4.78 is 8.22. The summed E-state index contributed by atoms with van der Waals surface area (Å²) in [5.41, 5.74) is 3.01. The van der Waals surface area contributed by atoms with Crippen LogP contribution in [0.4, 0.5) is 0 Å². The van der Waals surface area contributed by atoms with Gasteiger partial charge in [-0.2, -0.15) is 0 Å². The van der Waals surface area contributed by atoms with Crippen LogP contribution in [0.25, 0.3) is 11.1 Å². The SMILES string of the molecule is Ic1cc(I)cc(Cc2nc3ccccc3o2)c1. The van der Waals surface area contributed by atoms with Crippen molar-refractivity contribution in [3.05, 3.63) is 61.1 Å². The predicted octanol–water partition coefficient (Wildman–Crippen LogP) is 4.63. The van der Waals surface area contributed by atoms with E-state index in [4.69, 9.17) is 4.42 Å². The minimum Gasteiger partial charge on any atom is -0.440 e. The number of halogens is 2. The average Bonchev–Trinajstić information content (AvgIpc) is 2.69. The molecule has 0 saturated heterocycles. The van der Waals surface area contributed by atoms with Gasteiger partial charge < -0.3 is 4.42 Å². The van der Waals surface area contributed by atoms with Crippen LogP contribution in [0.3, 0.4) is 0 Å². The summed E-state index contributed by atoms with van der Waals surface area (Å²) >= 11 is 4.66. The molecule has 0 aliphatic carbocycles. The van der Waals surface area contributed by atoms with Gasteiger partial charge in [0.2, 0.25) is 0 Å². The molecule has 0 atom stereocenters. The van der Waals surface area contributed by atoms with Gasteiger partial charge in [0.1, 0.15) is 5.52 Å². The first-order valence-corrected chi connectivity index (χ1v) is 7.66. The molecule has 4 heteroatoms. The summed E-state index contributed by atoms with van der Waals surface area (Å²) in [6.45, 7) is 0. The first kappa shape index (κ1) is 12.4. The number of hydrogen-bond acceptors (Lipinski definition) is 2. The molecule has 90 valence electrons. The number of aromatic nitrogens is 1. The standard InChI is InChI=1S/C14H9I2NO/c15-10-5-9(6-11(16)8-10)7-14-17-12-3-1-2-4-13(12)18-14/h1-6,8H,7H2. The first-order valence-electron chi connectivity index (χ1n) is 5.50. The molecule has 1 aromatic heterocycles. The largest absolute Gasteiger partial charge is 0.440 e. The Hall–Kier alpha value is -0.630. The third-order valence-electron chi connectivity index (χ3n) is 2.62. The average molecular weight is 461 g/mol. The van der Waals surface area contributed by atoms with E-state index in [0.29, 0.717) is 0 Å². The van der Waals surface area contributed by atoms with Gasteiger partial charge in [0.05, 0.1) is 0 Å². The minimum absolute atomic E-state index is 0.738. The van der Waals surface area contributed by atoms with Crippen LogP contribution < -0.4 is 0 Å². The summed E-state index contributed by atoms with van der Waals surface area (Å²) in [5, 5.41) is 0. The van der Waals surface area contributed by atoms with Gasteiger partial charge in [-0.3, -0.25) is 0 Å². The predicted molar refractivity (Wildman–Crippen MR) is 88.7 cm³/mol. The maximum absolute atomic E-state index is 5.74. The summed E-state index contributed by atoms with van der Waals surface area (Å²) in [4.78, 5) is 4.50. The quantitative estimate of drug-likeness (QED) is 0.521. The normalized spacial score (nSPS) is 11.0. The second kappa shape index (κ2) is 5.16. The molecule has 2 aromatic carbocycles. The van der Waals surface area contributed by atoms with Crippen LogP contribution in [0, 0.1) is 7.14 Å². The summed E-state index contributed by atoms with van der Waals surface area (Å²) in [6, 6.07) is 14.3. The monoisotopic (exact) mass is 461 g/mol. The van der Waals surface area contributed by atoms with Gasteiger partial charge in [-0.05, 0) is 81.1 Å². The molecule has 2 nitrogen and oxygen atoms in total. The Morgan fingerprint density at radius 3 is 2.44 bits per heavy atom. The number of benzene rings is 2. The highest BCUT2D eigenvalue weighted by Gasteiger charge is 2.07. The summed E-state index contributed by atoms with van der Waals surface area (Å²) in [7, 11) is 0. The fourth-order valence-corrected chi connectivity index (χ4v) is 3.95. The summed E-state index contributed by atoms with van der Waals surface area (Å²) in [6.07, 6.45) is 0.738. The molecule has 0 fully saturated rings. The topological polar surface area (TPSA) is 26.0 Å². The van der Waals surface area contributed by atoms with E-state index in [1.54, 1.807) is 0 Å². The lowest BCUT2D eigenvalue weighted by molar-refractivity contribution is 0.544. The van der Waals surface area contributed by atoms with Crippen LogP contribution in [0.2, 0.25) is 0 Å². The van der Waals surface area contributed by atoms with Crippen molar-refractivity contribution in [2.45, 2.75) is 6.42 Å². The van der Waals surface area contributed by atoms with Crippen LogP contribution >= 0.6 is 45.2 Å². The number of para-hydroxylation sites is 2. The Morgan fingerprint density at radius 1 is 1.00 bits per heavy atom. The first-order chi connectivity index (χ1) is 8.70. The number of fused-ring (bicyclic) bond motifs is 1. The van der Waals surface area contributed by atoms with Crippen molar-refractivity contribution >= 4 is 56.3 Å². The van der Waals surface area contributed by atoms with Crippen LogP contribution in [0.1, 0.15) is 11.5 Å². The van der Waals surface area contributed by atoms with Gasteiger partial charge in [0.15, 0.2) is 11.5 Å². The zero-order valence-electron chi connectivity index (χ0n) is 9.36. The molecular formula is C14H9I2NO. The van der Waals surface area contributed by atoms with Crippen LogP contribution in [-0.4, -0.2) is 4.98 Å². The molecule has 3 rings (SSSR count). The van der Waals surface area contributed by atoms with Gasteiger partial charge in [-0.25, -0.2) is 4.98 Å². The van der Waals surface area contributed by atoms with Crippen LogP contribution in [0.15, 0.2) is 46.9 Å². The molecular weight excluding hydrogens is 452 g/mol. The minimum atomic E-state index is 0.738. The van der Waals surface area contributed by atoms with Gasteiger partial charge >= 0.3 is 0 Å². The Kier molecular flexibility index (Phi) is 3.56. The van der Waals surface area contributed by atoms with Crippen molar-refractivity contribution in [2.24, 2.45) is 0 Å². The van der Waals surface area contributed by atoms with Crippen molar-refractivity contribution in [2.75, 3.05) is 0 Å². The number of hydrogen-bond donors (Lipinski definition) is 0. The van der Waals surface area contributed by atoms with Crippen molar-refractivity contribution in [1.82, 2.24) is 4.98 Å². The second-order valence-electron chi connectivity index (χ2n) is 4.03. The number of rotatable bonds is 2. The highest BCUT2D eigenvalue weighted by atomic mass is 127. The fourth-order valence-electron chi connectivity index (χ4n) is 1.88. The number of nitrogens with zero attached hydrogens (tertiary/aromatic N) is 1. The van der Waals surface area contributed by atoms with E-state index in [2.05, 4.69) is 68.4 Å². The van der Waals surface area contributed by atoms with E-state index in [1.165, 1.54) is 12.7 Å². The van der Waals surface area contributed by atoms with Crippen molar-refractivity contribution < 1.29 is 4.42 Å². The van der Waals surface area contributed by atoms with E-state index < -0.39 is 0 Å². The lowest BCUT2D eigenvalue weighted by Crippen LogP contribution is -1.90. The molecule has 0 saturated carbocycles. The van der Waals surface area contributed by atoms with Crippen molar-refractivity contribution in [3.63, 3.8) is 0 Å². The third kappa shape index (κ3) is 2.69. The second-order valence-corrected chi connectivity index (χ2v) is 6.52. The molecule has 0 aliphatic heterocycles. The maximum atomic E-state index is 5.74. The van der Waals surface area contributed by atoms with Crippen LogP contribution in [0.5, 0.6) is 0 Å². The van der Waals surface area contributed by atoms with E-state index in [1.807, 2.05) is 24.3 Å². The molecule has 0 aliphatic rings. The molecule has 0 bridgehead atoms. The van der Waals surface area contributed by atoms with Crippen molar-refractivity contribution in [3.8, 4) is 0 Å². The van der Waals surface area contributed by atoms with Gasteiger partial charge in [-0.15, -0.1) is 0 Å². The van der Waals surface area contributed by atoms with Crippen molar-refractivity contribution in [1.29, 1.82) is 0 Å². The Labute approximate surface area is 132 Å². The summed E-state index contributed by atoms with van der Waals surface area (Å²) in [5.74, 6) is 0.772. The lowest BCUT2D eigenvalue weighted by Gasteiger charge is -2.00.